The topological polar surface area (TPSA) is 183 Å². The van der Waals surface area contributed by atoms with E-state index < -0.39 is 48.3 Å². The van der Waals surface area contributed by atoms with Gasteiger partial charge in [-0.2, -0.15) is 0 Å². The van der Waals surface area contributed by atoms with Gasteiger partial charge in [-0.15, -0.1) is 0 Å². The molecular formula is C39H63NO9. The SMILES string of the molecule is C.CC.CC1=CC2CC[C@@H](O)[C@H](C)C2[C@@H](C(O)/C(C(N)=O)=C(\O)CO)[C@@H]1CC1O[C@@]2(CC[C@H](C)[C@@H](c3cc(O)cc(O)c3)O2)[C@@H](C)C[C@@H]1C. The van der Waals surface area contributed by atoms with Gasteiger partial charge < -0.3 is 45.8 Å². The molecule has 1 aromatic rings. The fourth-order valence-electron chi connectivity index (χ4n) is 9.34. The second kappa shape index (κ2) is 16.6. The molecule has 8 N–H and O–H groups in total. The Morgan fingerprint density at radius 1 is 1.02 bits per heavy atom. The summed E-state index contributed by atoms with van der Waals surface area (Å²) in [5, 5.41) is 63.5. The lowest BCUT2D eigenvalue weighted by Crippen LogP contribution is -2.56. The average Bonchev–Trinajstić information content (AvgIpc) is 3.03. The number of ether oxygens (including phenoxy) is 2. The number of fused-ring (bicyclic) bond motifs is 1. The van der Waals surface area contributed by atoms with E-state index >= 15 is 0 Å². The number of nitrogens with two attached hydrogens (primary N) is 1. The van der Waals surface area contributed by atoms with Crippen molar-refractivity contribution in [2.75, 3.05) is 6.61 Å². The number of hydrogen-bond acceptors (Lipinski definition) is 9. The summed E-state index contributed by atoms with van der Waals surface area (Å²) >= 11 is 0. The fourth-order valence-corrected chi connectivity index (χ4v) is 9.34. The second-order valence-corrected chi connectivity index (χ2v) is 14.8. The highest BCUT2D eigenvalue weighted by molar-refractivity contribution is 5.93. The van der Waals surface area contributed by atoms with Crippen LogP contribution in [-0.2, 0) is 14.3 Å². The maximum Gasteiger partial charge on any atom is 0.250 e. The highest BCUT2D eigenvalue weighted by Crippen LogP contribution is 2.55. The molecule has 0 aromatic heterocycles. The third-order valence-electron chi connectivity index (χ3n) is 11.9. The minimum Gasteiger partial charge on any atom is -0.509 e. The summed E-state index contributed by atoms with van der Waals surface area (Å²) in [4.78, 5) is 12.6. The number of aromatic hydroxyl groups is 2. The predicted molar refractivity (Wildman–Crippen MR) is 189 cm³/mol. The Kier molecular flexibility index (Phi) is 13.8. The van der Waals surface area contributed by atoms with Crippen LogP contribution in [0.4, 0.5) is 0 Å². The van der Waals surface area contributed by atoms with Gasteiger partial charge in [0.05, 0.1) is 30.0 Å². The Balaban J connectivity index is 0.00000213. The van der Waals surface area contributed by atoms with Crippen molar-refractivity contribution >= 4 is 5.91 Å². The normalized spacial score (nSPS) is 38.5. The van der Waals surface area contributed by atoms with Gasteiger partial charge in [0.25, 0.3) is 5.91 Å². The summed E-state index contributed by atoms with van der Waals surface area (Å²) in [6.07, 6.45) is 3.75. The number of aliphatic hydroxyl groups excluding tert-OH is 4. The average molecular weight is 690 g/mol. The van der Waals surface area contributed by atoms with Gasteiger partial charge in [-0.1, -0.05) is 60.6 Å². The van der Waals surface area contributed by atoms with E-state index in [9.17, 15) is 35.4 Å². The molecule has 278 valence electrons. The maximum absolute atomic E-state index is 12.6. The van der Waals surface area contributed by atoms with Crippen molar-refractivity contribution in [3.63, 3.8) is 0 Å². The van der Waals surface area contributed by atoms with Crippen molar-refractivity contribution in [3.8, 4) is 11.5 Å². The van der Waals surface area contributed by atoms with Crippen LogP contribution in [-0.4, -0.2) is 67.3 Å². The second-order valence-electron chi connectivity index (χ2n) is 14.8. The third kappa shape index (κ3) is 8.14. The van der Waals surface area contributed by atoms with Gasteiger partial charge in [0.1, 0.15) is 23.9 Å². The predicted octanol–water partition coefficient (Wildman–Crippen LogP) is 6.26. The maximum atomic E-state index is 12.6. The quantitative estimate of drug-likeness (QED) is 0.0987. The highest BCUT2D eigenvalue weighted by atomic mass is 16.7. The van der Waals surface area contributed by atoms with Gasteiger partial charge in [-0.3, -0.25) is 4.79 Å². The van der Waals surface area contributed by atoms with Crippen LogP contribution < -0.4 is 5.73 Å². The highest BCUT2D eigenvalue weighted by Gasteiger charge is 2.54. The molecule has 4 aliphatic rings. The van der Waals surface area contributed by atoms with Gasteiger partial charge in [0, 0.05) is 18.4 Å². The molecule has 1 amide bonds. The molecule has 2 heterocycles. The van der Waals surface area contributed by atoms with Crippen molar-refractivity contribution in [2.24, 2.45) is 53.1 Å². The van der Waals surface area contributed by atoms with E-state index in [4.69, 9.17) is 15.2 Å². The lowest BCUT2D eigenvalue weighted by atomic mass is 9.55. The molecule has 2 saturated heterocycles. The Morgan fingerprint density at radius 3 is 2.24 bits per heavy atom. The summed E-state index contributed by atoms with van der Waals surface area (Å²) < 4.78 is 13.9. The van der Waals surface area contributed by atoms with E-state index in [1.807, 2.05) is 27.7 Å². The molecule has 4 unspecified atom stereocenters. The smallest absolute Gasteiger partial charge is 0.250 e. The largest absolute Gasteiger partial charge is 0.509 e. The van der Waals surface area contributed by atoms with E-state index in [1.165, 1.54) is 6.07 Å². The zero-order valence-corrected chi connectivity index (χ0v) is 29.7. The molecule has 2 aliphatic heterocycles. The fraction of sp³-hybridized carbons (Fsp3) is 0.718. The van der Waals surface area contributed by atoms with Crippen LogP contribution in [0.2, 0.25) is 0 Å². The number of amides is 1. The monoisotopic (exact) mass is 689 g/mol. The number of phenolic OH excluding ortho intramolecular Hbond substituents is 2. The summed E-state index contributed by atoms with van der Waals surface area (Å²) in [6.45, 7) is 13.6. The van der Waals surface area contributed by atoms with E-state index in [-0.39, 0.29) is 72.0 Å². The molecule has 1 saturated carbocycles. The number of primary amides is 1. The first-order valence-electron chi connectivity index (χ1n) is 17.9. The molecule has 13 atom stereocenters. The van der Waals surface area contributed by atoms with E-state index in [1.54, 1.807) is 12.1 Å². The van der Waals surface area contributed by atoms with Gasteiger partial charge in [0.2, 0.25) is 0 Å². The Hall–Kier alpha value is -2.63. The molecule has 49 heavy (non-hydrogen) atoms. The number of phenols is 2. The summed E-state index contributed by atoms with van der Waals surface area (Å²) in [5.41, 5.74) is 7.03. The van der Waals surface area contributed by atoms with E-state index in [0.717, 1.165) is 24.8 Å². The lowest BCUT2D eigenvalue weighted by molar-refractivity contribution is -0.356. The molecule has 2 aliphatic carbocycles. The van der Waals surface area contributed by atoms with Gasteiger partial charge in [-0.25, -0.2) is 0 Å². The van der Waals surface area contributed by atoms with Gasteiger partial charge >= 0.3 is 0 Å². The summed E-state index contributed by atoms with van der Waals surface area (Å²) in [7, 11) is 0. The zero-order chi connectivity index (χ0) is 35.7. The molecule has 10 heteroatoms. The van der Waals surface area contributed by atoms with Crippen LogP contribution in [0.5, 0.6) is 11.5 Å². The van der Waals surface area contributed by atoms with Crippen molar-refractivity contribution < 1.29 is 44.9 Å². The molecule has 1 aromatic carbocycles. The zero-order valence-electron chi connectivity index (χ0n) is 29.7. The number of carbonyl (C=O) groups excluding carboxylic acids is 1. The minimum atomic E-state index is -1.46. The third-order valence-corrected chi connectivity index (χ3v) is 11.9. The number of benzene rings is 1. The van der Waals surface area contributed by atoms with Crippen molar-refractivity contribution in [3.05, 3.63) is 46.7 Å². The van der Waals surface area contributed by atoms with E-state index in [0.29, 0.717) is 24.8 Å². The number of aliphatic hydroxyl groups is 4. The Labute approximate surface area is 293 Å². The van der Waals surface area contributed by atoms with Crippen LogP contribution in [0.3, 0.4) is 0 Å². The van der Waals surface area contributed by atoms with Crippen LogP contribution in [0, 0.1) is 47.3 Å². The first kappa shape index (κ1) is 40.8. The van der Waals surface area contributed by atoms with Crippen molar-refractivity contribution in [1.29, 1.82) is 0 Å². The number of carbonyl (C=O) groups is 1. The molecule has 10 nitrogen and oxygen atoms in total. The van der Waals surface area contributed by atoms with Crippen LogP contribution in [0.15, 0.2) is 41.2 Å². The van der Waals surface area contributed by atoms with Gasteiger partial charge in [-0.05, 0) is 98.1 Å². The standard InChI is InChI=1S/C36H53NO9.C2H6.CH4/c1-17-8-9-36(46-34(17)23-12-24(39)14-25(40)13-23)20(4)10-19(3)29(45-36)15-26-18(2)11-22-6-7-27(41)21(5)30(22)31(26)33(43)32(35(37)44)28(42)16-38;1-2;/h11-14,17,19-22,26-27,29-31,33-34,38-43H,6-10,15-16H2,1-5H3,(H2,37,44);1-2H3;1H4/b32-28+;;/t17-,19-,20-,21-,22?,26+,27+,29?,30?,31-,33?,34-,36+;;/m0../s1. The number of allylic oxidation sites excluding steroid dienone is 2. The minimum absolute atomic E-state index is 0. The molecule has 0 bridgehead atoms. The molecule has 1 spiro atoms. The Bertz CT molecular complexity index is 1330. The van der Waals surface area contributed by atoms with Crippen LogP contribution in [0.25, 0.3) is 0 Å². The van der Waals surface area contributed by atoms with E-state index in [2.05, 4.69) is 26.8 Å². The van der Waals surface area contributed by atoms with Crippen LogP contribution in [0.1, 0.15) is 106 Å². The summed E-state index contributed by atoms with van der Waals surface area (Å²) in [5.74, 6) is -3.44. The van der Waals surface area contributed by atoms with Crippen molar-refractivity contribution in [2.45, 2.75) is 125 Å². The first-order valence-corrected chi connectivity index (χ1v) is 17.9. The number of hydrogen-bond donors (Lipinski definition) is 7. The first-order chi connectivity index (χ1) is 22.7. The summed E-state index contributed by atoms with van der Waals surface area (Å²) in [6, 6.07) is 4.54. The molecule has 0 radical (unpaired) electrons. The van der Waals surface area contributed by atoms with Gasteiger partial charge in [0.15, 0.2) is 5.79 Å². The molecule has 5 rings (SSSR count). The lowest BCUT2D eigenvalue weighted by Gasteiger charge is -2.55. The number of rotatable bonds is 7. The molecular weight excluding hydrogens is 626 g/mol. The van der Waals surface area contributed by atoms with Crippen LogP contribution >= 0.6 is 0 Å². The Morgan fingerprint density at radius 2 is 1.65 bits per heavy atom. The van der Waals surface area contributed by atoms with Crippen molar-refractivity contribution in [1.82, 2.24) is 0 Å². The molecule has 3 fully saturated rings.